The number of nitrogens with zero attached hydrogens (tertiary/aromatic N) is 2. The molecule has 1 heterocycles. The van der Waals surface area contributed by atoms with E-state index in [0.717, 1.165) is 4.88 Å². The normalized spacial score (nSPS) is 10.5. The largest absolute Gasteiger partial charge is 0.271 e. The molecule has 1 amide bonds. The average molecular weight is 275 g/mol. The summed E-state index contributed by atoms with van der Waals surface area (Å²) in [5.74, 6) is -0.489. The number of benzene rings is 1. The van der Waals surface area contributed by atoms with E-state index in [1.807, 2.05) is 17.5 Å². The van der Waals surface area contributed by atoms with Crippen LogP contribution >= 0.6 is 11.3 Å². The third-order valence-electron chi connectivity index (χ3n) is 2.22. The van der Waals surface area contributed by atoms with Crippen LogP contribution in [-0.2, 0) is 0 Å². The highest BCUT2D eigenvalue weighted by atomic mass is 32.1. The van der Waals surface area contributed by atoms with Crippen LogP contribution in [-0.4, -0.2) is 17.0 Å². The molecule has 1 aromatic carbocycles. The average Bonchev–Trinajstić information content (AvgIpc) is 2.92. The number of hydrogen-bond acceptors (Lipinski definition) is 5. The summed E-state index contributed by atoms with van der Waals surface area (Å²) in [5.41, 5.74) is 2.38. The van der Waals surface area contributed by atoms with Gasteiger partial charge in [-0.3, -0.25) is 14.9 Å². The van der Waals surface area contributed by atoms with E-state index < -0.39 is 10.8 Å². The first-order valence-electron chi connectivity index (χ1n) is 5.28. The molecule has 0 bridgehead atoms. The standard InChI is InChI=1S/C12H9N3O3S/c16-12(14-13-8-11-5-2-6-19-11)9-3-1-4-10(7-9)15(17)18/h1-8H,(H,14,16)/b13-8-. The molecule has 1 aromatic heterocycles. The number of hydrogen-bond donors (Lipinski definition) is 1. The fourth-order valence-electron chi connectivity index (χ4n) is 1.34. The Morgan fingerprint density at radius 2 is 2.21 bits per heavy atom. The Morgan fingerprint density at radius 1 is 1.37 bits per heavy atom. The van der Waals surface area contributed by atoms with Gasteiger partial charge in [0.15, 0.2) is 0 Å². The van der Waals surface area contributed by atoms with Crippen LogP contribution in [0, 0.1) is 10.1 Å². The lowest BCUT2D eigenvalue weighted by Gasteiger charge is -1.99. The smallest absolute Gasteiger partial charge is 0.267 e. The van der Waals surface area contributed by atoms with Gasteiger partial charge < -0.3 is 0 Å². The third kappa shape index (κ3) is 3.46. The van der Waals surface area contributed by atoms with E-state index in [0.29, 0.717) is 0 Å². The van der Waals surface area contributed by atoms with Crippen molar-refractivity contribution in [3.8, 4) is 0 Å². The molecule has 0 aliphatic rings. The molecular weight excluding hydrogens is 266 g/mol. The van der Waals surface area contributed by atoms with Gasteiger partial charge in [0.05, 0.1) is 11.1 Å². The Balaban J connectivity index is 2.04. The Labute approximate surface area is 112 Å². The molecule has 0 atom stereocenters. The molecule has 19 heavy (non-hydrogen) atoms. The molecule has 0 saturated carbocycles. The molecule has 2 aromatic rings. The number of carbonyl (C=O) groups excluding carboxylic acids is 1. The lowest BCUT2D eigenvalue weighted by molar-refractivity contribution is -0.384. The van der Waals surface area contributed by atoms with Crippen LogP contribution in [0.15, 0.2) is 46.9 Å². The van der Waals surface area contributed by atoms with Crippen LogP contribution in [0.25, 0.3) is 0 Å². The Morgan fingerprint density at radius 3 is 2.89 bits per heavy atom. The first-order chi connectivity index (χ1) is 9.16. The first kappa shape index (κ1) is 12.9. The summed E-state index contributed by atoms with van der Waals surface area (Å²) >= 11 is 1.49. The molecule has 0 aliphatic carbocycles. The fraction of sp³-hybridized carbons (Fsp3) is 0. The molecule has 7 heteroatoms. The molecule has 0 saturated heterocycles. The third-order valence-corrected chi connectivity index (χ3v) is 3.03. The number of nitrogens with one attached hydrogen (secondary N) is 1. The van der Waals surface area contributed by atoms with E-state index in [4.69, 9.17) is 0 Å². The van der Waals surface area contributed by atoms with E-state index in [9.17, 15) is 14.9 Å². The summed E-state index contributed by atoms with van der Waals surface area (Å²) in [6.07, 6.45) is 1.51. The van der Waals surface area contributed by atoms with Crippen LogP contribution in [0.3, 0.4) is 0 Å². The molecule has 2 rings (SSSR count). The number of thiophene rings is 1. The van der Waals surface area contributed by atoms with Crippen LogP contribution in [0.4, 0.5) is 5.69 Å². The minimum absolute atomic E-state index is 0.130. The second kappa shape index (κ2) is 5.87. The van der Waals surface area contributed by atoms with Gasteiger partial charge in [0.25, 0.3) is 11.6 Å². The van der Waals surface area contributed by atoms with Gasteiger partial charge in [-0.25, -0.2) is 5.43 Å². The monoisotopic (exact) mass is 275 g/mol. The summed E-state index contributed by atoms with van der Waals surface area (Å²) in [4.78, 5) is 22.6. The van der Waals surface area contributed by atoms with Crippen molar-refractivity contribution in [2.75, 3.05) is 0 Å². The van der Waals surface area contributed by atoms with Gasteiger partial charge in [0.2, 0.25) is 0 Å². The maximum atomic E-state index is 11.7. The number of nitro groups is 1. The minimum Gasteiger partial charge on any atom is -0.267 e. The number of carbonyl (C=O) groups is 1. The molecule has 6 nitrogen and oxygen atoms in total. The van der Waals surface area contributed by atoms with Crippen LogP contribution in [0.5, 0.6) is 0 Å². The summed E-state index contributed by atoms with van der Waals surface area (Å²) in [6.45, 7) is 0. The van der Waals surface area contributed by atoms with E-state index in [1.54, 1.807) is 0 Å². The molecular formula is C12H9N3O3S. The number of nitro benzene ring substituents is 1. The van der Waals surface area contributed by atoms with Gasteiger partial charge in [-0.1, -0.05) is 12.1 Å². The SMILES string of the molecule is O=C(N/N=C\c1cccs1)c1cccc([N+](=O)[O-])c1. The highest BCUT2D eigenvalue weighted by molar-refractivity contribution is 7.11. The van der Waals surface area contributed by atoms with Gasteiger partial charge >= 0.3 is 0 Å². The highest BCUT2D eigenvalue weighted by Crippen LogP contribution is 2.12. The van der Waals surface area contributed by atoms with Crippen molar-refractivity contribution in [1.29, 1.82) is 0 Å². The maximum Gasteiger partial charge on any atom is 0.271 e. The fourth-order valence-corrected chi connectivity index (χ4v) is 1.93. The highest BCUT2D eigenvalue weighted by Gasteiger charge is 2.10. The van der Waals surface area contributed by atoms with E-state index in [1.165, 1.54) is 41.8 Å². The Kier molecular flexibility index (Phi) is 3.99. The van der Waals surface area contributed by atoms with Gasteiger partial charge in [0, 0.05) is 22.6 Å². The first-order valence-corrected chi connectivity index (χ1v) is 6.16. The van der Waals surface area contributed by atoms with Crippen molar-refractivity contribution in [2.24, 2.45) is 5.10 Å². The molecule has 0 spiro atoms. The zero-order chi connectivity index (χ0) is 13.7. The van der Waals surface area contributed by atoms with Crippen molar-refractivity contribution in [2.45, 2.75) is 0 Å². The quantitative estimate of drug-likeness (QED) is 0.528. The minimum atomic E-state index is -0.550. The zero-order valence-corrected chi connectivity index (χ0v) is 10.5. The van der Waals surface area contributed by atoms with E-state index >= 15 is 0 Å². The second-order valence-corrected chi connectivity index (χ2v) is 4.50. The molecule has 0 radical (unpaired) electrons. The number of rotatable bonds is 4. The summed E-state index contributed by atoms with van der Waals surface area (Å²) in [6, 6.07) is 9.20. The second-order valence-electron chi connectivity index (χ2n) is 3.52. The number of amides is 1. The predicted molar refractivity (Wildman–Crippen MR) is 72.5 cm³/mol. The van der Waals surface area contributed by atoms with Gasteiger partial charge in [-0.05, 0) is 17.5 Å². The molecule has 0 fully saturated rings. The maximum absolute atomic E-state index is 11.7. The lowest BCUT2D eigenvalue weighted by Crippen LogP contribution is -2.17. The van der Waals surface area contributed by atoms with Crippen molar-refractivity contribution in [3.63, 3.8) is 0 Å². The Bertz CT molecular complexity index is 623. The van der Waals surface area contributed by atoms with Crippen LogP contribution < -0.4 is 5.43 Å². The lowest BCUT2D eigenvalue weighted by atomic mass is 10.2. The zero-order valence-electron chi connectivity index (χ0n) is 9.65. The topological polar surface area (TPSA) is 84.6 Å². The van der Waals surface area contributed by atoms with Crippen LogP contribution in [0.1, 0.15) is 15.2 Å². The van der Waals surface area contributed by atoms with E-state index in [-0.39, 0.29) is 11.3 Å². The molecule has 0 aliphatic heterocycles. The number of hydrazone groups is 1. The van der Waals surface area contributed by atoms with Crippen molar-refractivity contribution in [1.82, 2.24) is 5.43 Å². The summed E-state index contributed by atoms with van der Waals surface area (Å²) < 4.78 is 0. The summed E-state index contributed by atoms with van der Waals surface area (Å²) in [7, 11) is 0. The van der Waals surface area contributed by atoms with Crippen LogP contribution in [0.2, 0.25) is 0 Å². The number of non-ortho nitro benzene ring substituents is 1. The molecule has 96 valence electrons. The van der Waals surface area contributed by atoms with Crippen molar-refractivity contribution >= 4 is 29.1 Å². The van der Waals surface area contributed by atoms with Gasteiger partial charge in [-0.2, -0.15) is 5.10 Å². The van der Waals surface area contributed by atoms with Crippen molar-refractivity contribution < 1.29 is 9.72 Å². The Hall–Kier alpha value is -2.54. The summed E-state index contributed by atoms with van der Waals surface area (Å²) in [5, 5.41) is 16.3. The van der Waals surface area contributed by atoms with Crippen molar-refractivity contribution in [3.05, 3.63) is 62.3 Å². The predicted octanol–water partition coefficient (Wildman–Crippen LogP) is 2.42. The van der Waals surface area contributed by atoms with Gasteiger partial charge in [0.1, 0.15) is 0 Å². The molecule has 1 N–H and O–H groups in total. The van der Waals surface area contributed by atoms with E-state index in [2.05, 4.69) is 10.5 Å². The molecule has 0 unspecified atom stereocenters. The van der Waals surface area contributed by atoms with Gasteiger partial charge in [-0.15, -0.1) is 11.3 Å².